The van der Waals surface area contributed by atoms with Gasteiger partial charge in [0, 0.05) is 0 Å². The fourth-order valence-electron chi connectivity index (χ4n) is 5.03. The van der Waals surface area contributed by atoms with E-state index < -0.39 is 0 Å². The van der Waals surface area contributed by atoms with Crippen LogP contribution in [-0.2, 0) is 0 Å². The van der Waals surface area contributed by atoms with E-state index in [1.54, 1.807) is 47.4 Å². The van der Waals surface area contributed by atoms with Crippen LogP contribution in [-0.4, -0.2) is 42.3 Å². The SMILES string of the molecule is CCCC[C](CCCC)(CCCC)[Sn][CH2][CH2][Sn][C](CCCC)(CCCC)CCCC. The summed E-state index contributed by atoms with van der Waals surface area (Å²) in [5, 5.41) is 0. The Balaban J connectivity index is 5.02. The Bertz CT molecular complexity index is 275. The summed E-state index contributed by atoms with van der Waals surface area (Å²) in [6, 6.07) is 0. The zero-order valence-electron chi connectivity index (χ0n) is 22.1. The van der Waals surface area contributed by atoms with Gasteiger partial charge < -0.3 is 0 Å². The minimum atomic E-state index is -0.258. The Kier molecular flexibility index (Phi) is 22.3. The number of unbranched alkanes of at least 4 members (excludes halogenated alkanes) is 6. The second-order valence-electron chi connectivity index (χ2n) is 10.0. The molecular weight excluding hydrogens is 574 g/mol. The number of rotatable bonds is 23. The maximum absolute atomic E-state index is 2.41. The zero-order valence-corrected chi connectivity index (χ0v) is 27.9. The normalized spacial score (nSPS) is 12.6. The van der Waals surface area contributed by atoms with Crippen LogP contribution in [0.15, 0.2) is 0 Å². The van der Waals surface area contributed by atoms with E-state index in [-0.39, 0.29) is 42.3 Å². The van der Waals surface area contributed by atoms with Crippen molar-refractivity contribution in [1.29, 1.82) is 0 Å². The van der Waals surface area contributed by atoms with Gasteiger partial charge in [-0.2, -0.15) is 0 Å². The van der Waals surface area contributed by atoms with Crippen molar-refractivity contribution in [3.8, 4) is 0 Å². The first-order valence-electron chi connectivity index (χ1n) is 14.1. The van der Waals surface area contributed by atoms with Crippen LogP contribution in [0.1, 0.15) is 157 Å². The molecule has 0 heterocycles. The predicted octanol–water partition coefficient (Wildman–Crippen LogP) is 10.7. The standard InChI is InChI=1S/2C13H27.C2H4.2Sn/c2*1-4-7-10-13(11-8-5-2)12-9-6-3;1-2;;/h2*4-12H2,1-3H3;1-2H2;;. The molecule has 30 heavy (non-hydrogen) atoms. The molecule has 0 bridgehead atoms. The summed E-state index contributed by atoms with van der Waals surface area (Å²) in [5.41, 5.74) is 0. The first-order chi connectivity index (χ1) is 14.6. The van der Waals surface area contributed by atoms with E-state index in [0.29, 0.717) is 0 Å². The second-order valence-corrected chi connectivity index (χ2v) is 21.0. The van der Waals surface area contributed by atoms with Crippen molar-refractivity contribution in [2.75, 3.05) is 0 Å². The molecule has 0 rings (SSSR count). The molecule has 0 aromatic heterocycles. The average Bonchev–Trinajstić information content (AvgIpc) is 2.77. The van der Waals surface area contributed by atoms with E-state index in [9.17, 15) is 0 Å². The molecule has 0 aromatic rings. The zero-order chi connectivity index (χ0) is 22.6. The Morgan fingerprint density at radius 2 is 0.567 bits per heavy atom. The van der Waals surface area contributed by atoms with Crippen molar-refractivity contribution in [2.45, 2.75) is 173 Å². The van der Waals surface area contributed by atoms with Crippen LogP contribution in [0.2, 0.25) is 15.7 Å². The molecule has 0 aromatic carbocycles. The number of hydrogen-bond acceptors (Lipinski definition) is 0. The third-order valence-corrected chi connectivity index (χ3v) is 22.7. The van der Waals surface area contributed by atoms with E-state index in [1.165, 1.54) is 77.0 Å². The van der Waals surface area contributed by atoms with E-state index in [4.69, 9.17) is 0 Å². The Morgan fingerprint density at radius 1 is 0.367 bits per heavy atom. The van der Waals surface area contributed by atoms with Gasteiger partial charge >= 0.3 is 215 Å². The van der Waals surface area contributed by atoms with Gasteiger partial charge in [0.25, 0.3) is 0 Å². The molecule has 0 saturated heterocycles. The summed E-state index contributed by atoms with van der Waals surface area (Å²) < 4.78 is 5.20. The first-order valence-corrected chi connectivity index (χ1v) is 21.0. The Hall–Kier alpha value is 1.60. The minimum absolute atomic E-state index is 0.258. The summed E-state index contributed by atoms with van der Waals surface area (Å²) in [7, 11) is 0. The molecular formula is C28H58Sn2. The summed E-state index contributed by atoms with van der Waals surface area (Å²) in [5.74, 6) is 0. The van der Waals surface area contributed by atoms with Gasteiger partial charge in [-0.3, -0.25) is 0 Å². The molecule has 0 saturated carbocycles. The topological polar surface area (TPSA) is 0 Å². The van der Waals surface area contributed by atoms with Gasteiger partial charge in [0.2, 0.25) is 0 Å². The number of hydrogen-bond donors (Lipinski definition) is 0. The molecule has 0 amide bonds. The molecule has 0 aliphatic rings. The summed E-state index contributed by atoms with van der Waals surface area (Å²) in [6.07, 6.45) is 27.0. The van der Waals surface area contributed by atoms with Crippen LogP contribution in [0, 0.1) is 0 Å². The molecule has 2 heteroatoms. The second kappa shape index (κ2) is 21.2. The molecule has 0 N–H and O–H groups in total. The van der Waals surface area contributed by atoms with E-state index in [1.807, 2.05) is 0 Å². The van der Waals surface area contributed by atoms with Crippen molar-refractivity contribution in [1.82, 2.24) is 0 Å². The van der Waals surface area contributed by atoms with Crippen LogP contribution >= 0.6 is 0 Å². The molecule has 0 nitrogen and oxygen atoms in total. The van der Waals surface area contributed by atoms with Crippen LogP contribution in [0.5, 0.6) is 0 Å². The van der Waals surface area contributed by atoms with Gasteiger partial charge in [0.1, 0.15) is 0 Å². The summed E-state index contributed by atoms with van der Waals surface area (Å²) in [6.45, 7) is 14.5. The van der Waals surface area contributed by atoms with Crippen molar-refractivity contribution < 1.29 is 0 Å². The predicted molar refractivity (Wildman–Crippen MR) is 144 cm³/mol. The average molecular weight is 632 g/mol. The van der Waals surface area contributed by atoms with Crippen molar-refractivity contribution in [2.24, 2.45) is 0 Å². The molecule has 0 atom stereocenters. The molecule has 0 unspecified atom stereocenters. The van der Waals surface area contributed by atoms with Gasteiger partial charge in [-0.15, -0.1) is 0 Å². The van der Waals surface area contributed by atoms with E-state index in [0.717, 1.165) is 6.86 Å². The van der Waals surface area contributed by atoms with Gasteiger partial charge in [0.05, 0.1) is 0 Å². The third kappa shape index (κ3) is 14.7. The van der Waals surface area contributed by atoms with Gasteiger partial charge in [0.15, 0.2) is 0 Å². The fraction of sp³-hybridized carbons (Fsp3) is 1.00. The van der Waals surface area contributed by atoms with E-state index in [2.05, 4.69) is 41.5 Å². The Morgan fingerprint density at radius 3 is 0.733 bits per heavy atom. The molecule has 0 spiro atoms. The van der Waals surface area contributed by atoms with Crippen LogP contribution in [0.25, 0.3) is 0 Å². The monoisotopic (exact) mass is 634 g/mol. The fourth-order valence-corrected chi connectivity index (χ4v) is 19.6. The Labute approximate surface area is 213 Å². The summed E-state index contributed by atoms with van der Waals surface area (Å²) in [4.78, 5) is 0. The van der Waals surface area contributed by atoms with Crippen LogP contribution < -0.4 is 0 Å². The van der Waals surface area contributed by atoms with Crippen molar-refractivity contribution in [3.05, 3.63) is 0 Å². The third-order valence-electron chi connectivity index (χ3n) is 7.18. The maximum atomic E-state index is 2.41. The van der Waals surface area contributed by atoms with Gasteiger partial charge in [-0.1, -0.05) is 0 Å². The first kappa shape index (κ1) is 31.6. The molecule has 178 valence electrons. The molecule has 0 aliphatic carbocycles. The molecule has 0 aliphatic heterocycles. The van der Waals surface area contributed by atoms with Crippen molar-refractivity contribution >= 4 is 42.3 Å². The van der Waals surface area contributed by atoms with Crippen LogP contribution in [0.3, 0.4) is 0 Å². The van der Waals surface area contributed by atoms with Gasteiger partial charge in [-0.05, 0) is 0 Å². The van der Waals surface area contributed by atoms with Crippen LogP contribution in [0.4, 0.5) is 0 Å². The summed E-state index contributed by atoms with van der Waals surface area (Å²) >= 11 is -0.516. The quantitative estimate of drug-likeness (QED) is 0.0777. The van der Waals surface area contributed by atoms with Gasteiger partial charge in [-0.25, -0.2) is 0 Å². The van der Waals surface area contributed by atoms with E-state index >= 15 is 0 Å². The molecule has 4 radical (unpaired) electrons. The van der Waals surface area contributed by atoms with Crippen molar-refractivity contribution in [3.63, 3.8) is 0 Å². The molecule has 0 fully saturated rings.